The third-order valence-corrected chi connectivity index (χ3v) is 25.3. The zero-order valence-corrected chi connectivity index (χ0v) is 72.7. The number of rotatable bonds is 22. The Morgan fingerprint density at radius 3 is 1.39 bits per heavy atom. The normalized spacial score (nSPS) is 17.6. The summed E-state index contributed by atoms with van der Waals surface area (Å²) < 4.78 is 41.1. The molecule has 1 saturated carbocycles. The smallest absolute Gasteiger partial charge is 0.349 e. The van der Waals surface area contributed by atoms with Crippen molar-refractivity contribution in [3.05, 3.63) is 197 Å². The molecule has 22 heteroatoms. The van der Waals surface area contributed by atoms with Crippen molar-refractivity contribution >= 4 is 57.7 Å². The van der Waals surface area contributed by atoms with Crippen molar-refractivity contribution in [1.29, 1.82) is 0 Å². The van der Waals surface area contributed by atoms with Gasteiger partial charge in [-0.2, -0.15) is 13.2 Å². The standard InChI is InChI=1S/C24H30F3N3O.C23H31N3O.C18H29N3OS.C16H23NO.C12H21N3S/c1-17(2)19-6-4-18(5-7-19)14-23(31)28-21-9-8-20(22(15-21)24(25,26)27)16-30-12-10-29(3)11-13-30;1-18(2)21-8-4-19(5-9-21)16-23(27)24-22-10-6-20(7-11-22)17-26-14-12-25(3)13-15-26;1-14(2)18-19-15(13-23-18)12-17(22)21-10-6-16(7-11-21)20-8-4-3-5-9-20;1-12(2)13-8-10-14(11-9-13)16(18)17-15-6-4-3-5-7-15;1-9(2)12-14-11(8-16-12)7-15-5-3-10(13)4-6-15/h4-9,15,17H,10-14,16H2,1-3H3,(H,28,31);4-11,18H,12-17H2,1-3H3,(H,24,27);13-14,16H,3-12H2,1-2H3;8-12,15H,3-7H2,1-2H3,(H,17,18);8-10H,3-7,13H2,1-2H3. The lowest BCUT2D eigenvalue weighted by Crippen LogP contribution is -2.48. The highest BCUT2D eigenvalue weighted by atomic mass is 32.1. The quantitative estimate of drug-likeness (QED) is 0.0504. The molecule has 0 radical (unpaired) electrons. The van der Waals surface area contributed by atoms with Crippen LogP contribution in [0.3, 0.4) is 0 Å². The van der Waals surface area contributed by atoms with Crippen LogP contribution in [0.1, 0.15) is 252 Å². The Hall–Kier alpha value is -7.25. The lowest BCUT2D eigenvalue weighted by Gasteiger charge is -2.40. The largest absolute Gasteiger partial charge is 0.416 e. The zero-order chi connectivity index (χ0) is 82.6. The van der Waals surface area contributed by atoms with Crippen molar-refractivity contribution in [1.82, 2.24) is 49.6 Å². The number of anilines is 2. The van der Waals surface area contributed by atoms with Crippen LogP contribution in [0.15, 0.2) is 126 Å². The number of benzene rings is 5. The topological polar surface area (TPSA) is 179 Å². The van der Waals surface area contributed by atoms with Crippen molar-refractivity contribution in [3.63, 3.8) is 0 Å². The Kier molecular flexibility index (Phi) is 36.8. The van der Waals surface area contributed by atoms with E-state index in [1.165, 1.54) is 90.6 Å². The third kappa shape index (κ3) is 31.2. The van der Waals surface area contributed by atoms with Gasteiger partial charge in [0.1, 0.15) is 0 Å². The molecule has 115 heavy (non-hydrogen) atoms. The second-order valence-corrected chi connectivity index (χ2v) is 36.0. The van der Waals surface area contributed by atoms with E-state index in [-0.39, 0.29) is 47.8 Å². The number of likely N-dealkylation sites (tertiary alicyclic amines) is 3. The first kappa shape index (κ1) is 91.6. The van der Waals surface area contributed by atoms with E-state index >= 15 is 0 Å². The third-order valence-electron chi connectivity index (χ3n) is 22.9. The van der Waals surface area contributed by atoms with Crippen molar-refractivity contribution in [2.45, 2.75) is 239 Å². The molecule has 0 bridgehead atoms. The molecular formula is C93H134F3N13O4S2. The molecule has 5 saturated heterocycles. The van der Waals surface area contributed by atoms with Crippen molar-refractivity contribution in [2.75, 3.05) is 116 Å². The second-order valence-electron chi connectivity index (χ2n) is 34.2. The molecule has 0 unspecified atom stereocenters. The van der Waals surface area contributed by atoms with Gasteiger partial charge >= 0.3 is 6.18 Å². The summed E-state index contributed by atoms with van der Waals surface area (Å²) >= 11 is 3.46. The summed E-state index contributed by atoms with van der Waals surface area (Å²) in [5.74, 6) is 2.44. The molecule has 6 fully saturated rings. The van der Waals surface area contributed by atoms with Crippen LogP contribution in [0.4, 0.5) is 24.5 Å². The summed E-state index contributed by atoms with van der Waals surface area (Å²) in [4.78, 5) is 74.8. The number of piperazine rings is 2. The van der Waals surface area contributed by atoms with Crippen molar-refractivity contribution in [2.24, 2.45) is 5.73 Å². The van der Waals surface area contributed by atoms with Gasteiger partial charge in [0, 0.05) is 156 Å². The molecule has 5 aromatic carbocycles. The van der Waals surface area contributed by atoms with Crippen LogP contribution in [-0.2, 0) is 59.5 Å². The molecule has 7 aromatic rings. The minimum absolute atomic E-state index is 0.0270. The van der Waals surface area contributed by atoms with Crippen LogP contribution in [0, 0.1) is 0 Å². The SMILES string of the molecule is CC(C)c1ccc(C(=O)NC2CCCCC2)cc1.CC(C)c1ccc(CC(=O)Nc2ccc(CN3CCN(C)CC3)c(C(F)(F)F)c2)cc1.CC(C)c1ccc(CC(=O)Nc2ccc(CN3CCN(C)CC3)cc2)cc1.CC(C)c1nc(CC(=O)N2CCC(N3CCCCC3)CC2)cs1.CC(C)c1nc(CN2CCC(N)CC2)cs1. The van der Waals surface area contributed by atoms with E-state index in [0.717, 1.165) is 169 Å². The number of carbonyl (C=O) groups excluding carboxylic acids is 4. The molecule has 5 aliphatic heterocycles. The highest BCUT2D eigenvalue weighted by Gasteiger charge is 2.35. The molecule has 7 heterocycles. The van der Waals surface area contributed by atoms with E-state index in [1.54, 1.807) is 28.7 Å². The Morgan fingerprint density at radius 2 is 0.904 bits per heavy atom. The number of amides is 4. The number of hydrogen-bond donors (Lipinski definition) is 4. The van der Waals surface area contributed by atoms with Gasteiger partial charge in [0.05, 0.1) is 46.2 Å². The number of nitrogens with zero attached hydrogens (tertiary/aromatic N) is 9. The van der Waals surface area contributed by atoms with Gasteiger partial charge in [0.15, 0.2) is 0 Å². The van der Waals surface area contributed by atoms with Gasteiger partial charge in [-0.1, -0.05) is 174 Å². The number of carbonyl (C=O) groups is 4. The molecule has 4 amide bonds. The van der Waals surface area contributed by atoms with E-state index < -0.39 is 11.7 Å². The summed E-state index contributed by atoms with van der Waals surface area (Å²) in [7, 11) is 4.18. The zero-order valence-electron chi connectivity index (χ0n) is 71.1. The Bertz CT molecular complexity index is 4030. The lowest BCUT2D eigenvalue weighted by molar-refractivity contribution is -0.138. The van der Waals surface area contributed by atoms with Gasteiger partial charge in [-0.3, -0.25) is 33.9 Å². The molecule has 13 rings (SSSR count). The summed E-state index contributed by atoms with van der Waals surface area (Å²) in [6.45, 7) is 38.0. The fourth-order valence-corrected chi connectivity index (χ4v) is 17.0. The Balaban J connectivity index is 0.000000167. The van der Waals surface area contributed by atoms with E-state index in [1.807, 2.05) is 78.0 Å². The number of thiazole rings is 2. The average molecular weight is 1620 g/mol. The molecule has 0 atom stereocenters. The number of alkyl halides is 3. The molecule has 628 valence electrons. The monoisotopic (exact) mass is 1620 g/mol. The second kappa shape index (κ2) is 46.2. The van der Waals surface area contributed by atoms with E-state index in [2.05, 4.69) is 173 Å². The van der Waals surface area contributed by atoms with Crippen LogP contribution < -0.4 is 21.7 Å². The fraction of sp³-hybridized carbons (Fsp3) is 0.570. The predicted molar refractivity (Wildman–Crippen MR) is 468 cm³/mol. The summed E-state index contributed by atoms with van der Waals surface area (Å²) in [5, 5.41) is 15.4. The first-order chi connectivity index (χ1) is 55.0. The van der Waals surface area contributed by atoms with Gasteiger partial charge in [-0.05, 0) is 172 Å². The first-order valence-corrected chi connectivity index (χ1v) is 44.5. The number of piperidine rings is 3. The predicted octanol–water partition coefficient (Wildman–Crippen LogP) is 17.8. The van der Waals surface area contributed by atoms with Crippen LogP contribution in [0.2, 0.25) is 0 Å². The van der Waals surface area contributed by atoms with Gasteiger partial charge in [0.25, 0.3) is 5.91 Å². The van der Waals surface area contributed by atoms with E-state index in [9.17, 15) is 32.3 Å². The molecule has 6 aliphatic rings. The minimum atomic E-state index is -4.48. The molecule has 0 spiro atoms. The van der Waals surface area contributed by atoms with E-state index in [4.69, 9.17) is 5.73 Å². The maximum Gasteiger partial charge on any atom is 0.416 e. The summed E-state index contributed by atoms with van der Waals surface area (Å²) in [6.07, 6.45) is 11.2. The number of aromatic nitrogens is 2. The highest BCUT2D eigenvalue weighted by Crippen LogP contribution is 2.35. The number of nitrogens with one attached hydrogen (secondary N) is 3. The molecule has 1 aliphatic carbocycles. The van der Waals surface area contributed by atoms with Crippen molar-refractivity contribution in [3.8, 4) is 0 Å². The fourth-order valence-electron chi connectivity index (χ4n) is 15.3. The minimum Gasteiger partial charge on any atom is -0.349 e. The summed E-state index contributed by atoms with van der Waals surface area (Å²) in [6, 6.07) is 37.9. The average Bonchev–Trinajstić information content (AvgIpc) is 1.23. The maximum atomic E-state index is 13.7. The van der Waals surface area contributed by atoms with E-state index in [0.29, 0.717) is 60.6 Å². The maximum absolute atomic E-state index is 13.7. The Labute approximate surface area is 694 Å². The molecule has 2 aromatic heterocycles. The van der Waals surface area contributed by atoms with Crippen LogP contribution in [0.5, 0.6) is 0 Å². The van der Waals surface area contributed by atoms with Crippen molar-refractivity contribution < 1.29 is 32.3 Å². The number of halogens is 3. The van der Waals surface area contributed by atoms with Crippen LogP contribution >= 0.6 is 22.7 Å². The van der Waals surface area contributed by atoms with Gasteiger partial charge in [-0.15, -0.1) is 22.7 Å². The molecular weight excluding hydrogens is 1480 g/mol. The van der Waals surface area contributed by atoms with Crippen LogP contribution in [-0.4, -0.2) is 192 Å². The number of hydrogen-bond acceptors (Lipinski definition) is 15. The lowest BCUT2D eigenvalue weighted by atomic mass is 9.95. The highest BCUT2D eigenvalue weighted by molar-refractivity contribution is 7.10. The number of likely N-dealkylation sites (N-methyl/N-ethyl adjacent to an activating group) is 2. The van der Waals surface area contributed by atoms with Gasteiger partial charge in [0.2, 0.25) is 17.7 Å². The van der Waals surface area contributed by atoms with Gasteiger partial charge < -0.3 is 41.3 Å². The number of nitrogens with two attached hydrogens (primary N) is 1. The van der Waals surface area contributed by atoms with Gasteiger partial charge in [-0.25, -0.2) is 9.97 Å². The summed E-state index contributed by atoms with van der Waals surface area (Å²) in [5.41, 5.74) is 16.3. The molecule has 5 N–H and O–H groups in total. The molecule has 17 nitrogen and oxygen atoms in total. The Morgan fingerprint density at radius 1 is 0.461 bits per heavy atom. The van der Waals surface area contributed by atoms with Crippen LogP contribution in [0.25, 0.3) is 0 Å². The first-order valence-electron chi connectivity index (χ1n) is 42.7.